The Morgan fingerprint density at radius 1 is 1.37 bits per heavy atom. The molecule has 0 unspecified atom stereocenters. The first kappa shape index (κ1) is 21.9. The van der Waals surface area contributed by atoms with Gasteiger partial charge in [-0.3, -0.25) is 0 Å². The van der Waals surface area contributed by atoms with E-state index in [1.165, 1.54) is 0 Å². The summed E-state index contributed by atoms with van der Waals surface area (Å²) in [4.78, 5) is 7.87. The van der Waals surface area contributed by atoms with E-state index >= 15 is 0 Å². The van der Waals surface area contributed by atoms with Gasteiger partial charge in [0.1, 0.15) is 5.01 Å². The number of thiazole rings is 1. The van der Waals surface area contributed by atoms with Crippen LogP contribution in [0, 0.1) is 5.92 Å². The van der Waals surface area contributed by atoms with Gasteiger partial charge in [-0.2, -0.15) is 13.2 Å². The van der Waals surface area contributed by atoms with Crippen LogP contribution in [0.4, 0.5) is 13.2 Å². The van der Waals surface area contributed by atoms with Crippen LogP contribution in [-0.4, -0.2) is 50.5 Å². The molecule has 154 valence electrons. The van der Waals surface area contributed by atoms with Crippen molar-refractivity contribution in [3.63, 3.8) is 0 Å². The Morgan fingerprint density at radius 3 is 2.81 bits per heavy atom. The Hall–Kier alpha value is -1.39. The fraction of sp³-hybridized carbons (Fsp3) is 0.765. The lowest BCUT2D eigenvalue weighted by molar-refractivity contribution is -0.140. The number of nitrogens with one attached hydrogen (secondary N) is 2. The standard InChI is InChI=1S/C17H27F3N4O2S/c1-2-21-16(23-10-15-24-14(12-27-15)17(18,19)20)22-6-3-7-26-11-13-4-8-25-9-5-13/h12-13H,2-11H2,1H3,(H2,21,22,23). The summed E-state index contributed by atoms with van der Waals surface area (Å²) in [5, 5.41) is 7.58. The van der Waals surface area contributed by atoms with E-state index in [4.69, 9.17) is 9.47 Å². The molecule has 1 saturated heterocycles. The highest BCUT2D eigenvalue weighted by Crippen LogP contribution is 2.30. The lowest BCUT2D eigenvalue weighted by Gasteiger charge is -2.21. The van der Waals surface area contributed by atoms with Crippen LogP contribution in [0.1, 0.15) is 36.9 Å². The Bertz CT molecular complexity index is 575. The second-order valence-electron chi connectivity index (χ2n) is 6.23. The number of hydrogen-bond donors (Lipinski definition) is 2. The van der Waals surface area contributed by atoms with Crippen molar-refractivity contribution in [2.75, 3.05) is 39.5 Å². The molecule has 1 aliphatic rings. The van der Waals surface area contributed by atoms with Crippen LogP contribution < -0.4 is 10.6 Å². The molecular formula is C17H27F3N4O2S. The van der Waals surface area contributed by atoms with Gasteiger partial charge in [-0.1, -0.05) is 0 Å². The zero-order chi connectivity index (χ0) is 19.5. The number of ether oxygens (including phenoxy) is 2. The van der Waals surface area contributed by atoms with Crippen LogP contribution in [-0.2, 0) is 22.2 Å². The second kappa shape index (κ2) is 11.5. The fourth-order valence-corrected chi connectivity index (χ4v) is 3.27. The minimum absolute atomic E-state index is 0.107. The molecule has 0 radical (unpaired) electrons. The van der Waals surface area contributed by atoms with Gasteiger partial charge in [0.2, 0.25) is 0 Å². The van der Waals surface area contributed by atoms with Gasteiger partial charge >= 0.3 is 6.18 Å². The summed E-state index contributed by atoms with van der Waals surface area (Å²) in [5.41, 5.74) is -0.864. The summed E-state index contributed by atoms with van der Waals surface area (Å²) < 4.78 is 48.8. The van der Waals surface area contributed by atoms with Gasteiger partial charge in [0.25, 0.3) is 0 Å². The van der Waals surface area contributed by atoms with E-state index in [9.17, 15) is 13.2 Å². The molecule has 1 aliphatic heterocycles. The van der Waals surface area contributed by atoms with E-state index in [2.05, 4.69) is 20.6 Å². The molecular weight excluding hydrogens is 381 g/mol. The van der Waals surface area contributed by atoms with Crippen molar-refractivity contribution in [1.29, 1.82) is 0 Å². The molecule has 1 aromatic heterocycles. The largest absolute Gasteiger partial charge is 0.434 e. The minimum Gasteiger partial charge on any atom is -0.381 e. The third-order valence-electron chi connectivity index (χ3n) is 4.01. The zero-order valence-corrected chi connectivity index (χ0v) is 16.3. The van der Waals surface area contributed by atoms with Crippen molar-refractivity contribution in [2.45, 2.75) is 38.9 Å². The highest BCUT2D eigenvalue weighted by atomic mass is 32.1. The summed E-state index contributed by atoms with van der Waals surface area (Å²) in [6.45, 7) is 6.44. The van der Waals surface area contributed by atoms with Crippen molar-refractivity contribution in [3.8, 4) is 0 Å². The van der Waals surface area contributed by atoms with Gasteiger partial charge in [-0.25, -0.2) is 9.98 Å². The Morgan fingerprint density at radius 2 is 2.15 bits per heavy atom. The summed E-state index contributed by atoms with van der Waals surface area (Å²) >= 11 is 0.962. The van der Waals surface area contributed by atoms with Crippen LogP contribution in [0.5, 0.6) is 0 Å². The third kappa shape index (κ3) is 8.44. The molecule has 1 fully saturated rings. The van der Waals surface area contributed by atoms with Crippen molar-refractivity contribution >= 4 is 17.3 Å². The topological polar surface area (TPSA) is 67.8 Å². The Labute approximate surface area is 161 Å². The first-order chi connectivity index (χ1) is 13.0. The van der Waals surface area contributed by atoms with Crippen LogP contribution in [0.15, 0.2) is 10.4 Å². The van der Waals surface area contributed by atoms with Gasteiger partial charge in [-0.15, -0.1) is 11.3 Å². The maximum absolute atomic E-state index is 12.6. The number of aliphatic imine (C=N–C) groups is 1. The summed E-state index contributed by atoms with van der Waals surface area (Å²) in [5.74, 6) is 1.15. The molecule has 0 bridgehead atoms. The van der Waals surface area contributed by atoms with Crippen LogP contribution in [0.2, 0.25) is 0 Å². The van der Waals surface area contributed by atoms with Gasteiger partial charge < -0.3 is 20.1 Å². The third-order valence-corrected chi connectivity index (χ3v) is 4.84. The van der Waals surface area contributed by atoms with Crippen molar-refractivity contribution in [2.24, 2.45) is 10.9 Å². The van der Waals surface area contributed by atoms with Gasteiger partial charge in [-0.05, 0) is 32.1 Å². The lowest BCUT2D eigenvalue weighted by Crippen LogP contribution is -2.38. The summed E-state index contributed by atoms with van der Waals surface area (Å²) in [6.07, 6.45) is -1.47. The first-order valence-electron chi connectivity index (χ1n) is 9.18. The zero-order valence-electron chi connectivity index (χ0n) is 15.5. The number of guanidine groups is 1. The van der Waals surface area contributed by atoms with Crippen LogP contribution >= 0.6 is 11.3 Å². The average Bonchev–Trinajstić information content (AvgIpc) is 3.13. The highest BCUT2D eigenvalue weighted by molar-refractivity contribution is 7.09. The van der Waals surface area contributed by atoms with E-state index in [1.54, 1.807) is 0 Å². The summed E-state index contributed by atoms with van der Waals surface area (Å²) in [7, 11) is 0. The quantitative estimate of drug-likeness (QED) is 0.373. The van der Waals surface area contributed by atoms with Crippen molar-refractivity contribution in [3.05, 3.63) is 16.1 Å². The highest BCUT2D eigenvalue weighted by Gasteiger charge is 2.33. The minimum atomic E-state index is -4.41. The molecule has 0 amide bonds. The molecule has 0 saturated carbocycles. The monoisotopic (exact) mass is 408 g/mol. The van der Waals surface area contributed by atoms with Gasteiger partial charge in [0.15, 0.2) is 11.7 Å². The Balaban J connectivity index is 1.66. The molecule has 6 nitrogen and oxygen atoms in total. The van der Waals surface area contributed by atoms with Crippen molar-refractivity contribution < 1.29 is 22.6 Å². The fourth-order valence-electron chi connectivity index (χ4n) is 2.55. The lowest BCUT2D eigenvalue weighted by atomic mass is 10.0. The predicted molar refractivity (Wildman–Crippen MR) is 98.9 cm³/mol. The molecule has 0 spiro atoms. The van der Waals surface area contributed by atoms with Crippen molar-refractivity contribution in [1.82, 2.24) is 15.6 Å². The molecule has 10 heteroatoms. The molecule has 27 heavy (non-hydrogen) atoms. The van der Waals surface area contributed by atoms with E-state index in [0.29, 0.717) is 36.6 Å². The molecule has 2 N–H and O–H groups in total. The molecule has 0 atom stereocenters. The van der Waals surface area contributed by atoms with E-state index in [-0.39, 0.29) is 6.54 Å². The van der Waals surface area contributed by atoms with Crippen LogP contribution in [0.25, 0.3) is 0 Å². The predicted octanol–water partition coefficient (Wildman–Crippen LogP) is 3.05. The maximum atomic E-state index is 12.6. The normalized spacial score (nSPS) is 16.5. The number of rotatable bonds is 9. The molecule has 0 aromatic carbocycles. The molecule has 1 aromatic rings. The number of hydrogen-bond acceptors (Lipinski definition) is 5. The van der Waals surface area contributed by atoms with E-state index in [0.717, 1.165) is 55.8 Å². The average molecular weight is 408 g/mol. The van der Waals surface area contributed by atoms with E-state index in [1.807, 2.05) is 6.92 Å². The number of aromatic nitrogens is 1. The van der Waals surface area contributed by atoms with Crippen LogP contribution in [0.3, 0.4) is 0 Å². The SMILES string of the molecule is CCNC(=NCc1nc(C(F)(F)F)cs1)NCCCOCC1CCOCC1. The molecule has 2 heterocycles. The molecule has 0 aliphatic carbocycles. The first-order valence-corrected chi connectivity index (χ1v) is 10.1. The van der Waals surface area contributed by atoms with E-state index < -0.39 is 11.9 Å². The molecule has 2 rings (SSSR count). The second-order valence-corrected chi connectivity index (χ2v) is 7.17. The van der Waals surface area contributed by atoms with Gasteiger partial charge in [0, 0.05) is 44.9 Å². The smallest absolute Gasteiger partial charge is 0.381 e. The number of halogens is 3. The summed E-state index contributed by atoms with van der Waals surface area (Å²) in [6, 6.07) is 0. The number of nitrogens with zero attached hydrogens (tertiary/aromatic N) is 2. The Kier molecular flexibility index (Phi) is 9.29. The van der Waals surface area contributed by atoms with Gasteiger partial charge in [0.05, 0.1) is 6.54 Å². The number of alkyl halides is 3. The maximum Gasteiger partial charge on any atom is 0.434 e.